The second-order valence-electron chi connectivity index (χ2n) is 4.81. The summed E-state index contributed by atoms with van der Waals surface area (Å²) in [5, 5.41) is 0. The summed E-state index contributed by atoms with van der Waals surface area (Å²) in [4.78, 5) is 16.3. The first-order valence-electron chi connectivity index (χ1n) is 6.95. The molecule has 0 bridgehead atoms. The molecule has 1 aliphatic rings. The van der Waals surface area contributed by atoms with E-state index in [9.17, 15) is 4.79 Å². The zero-order valence-electron chi connectivity index (χ0n) is 11.5. The molecule has 0 unspecified atom stereocenters. The number of nitrogens with zero attached hydrogens (tertiary/aromatic N) is 2. The van der Waals surface area contributed by atoms with Gasteiger partial charge in [-0.05, 0) is 46.5 Å². The fourth-order valence-electron chi connectivity index (χ4n) is 2.64. The third-order valence-electron chi connectivity index (χ3n) is 3.80. The Bertz CT molecular complexity index is 233. The molecule has 17 heavy (non-hydrogen) atoms. The number of rotatable bonds is 4. The predicted octanol–water partition coefficient (Wildman–Crippen LogP) is 2.04. The van der Waals surface area contributed by atoms with E-state index >= 15 is 0 Å². The molecule has 100 valence electrons. The Balaban J connectivity index is 2.60. The van der Waals surface area contributed by atoms with Crippen LogP contribution in [0.2, 0.25) is 0 Å². The Morgan fingerprint density at radius 1 is 1.06 bits per heavy atom. The lowest BCUT2D eigenvalue weighted by Gasteiger charge is -2.38. The topological polar surface area (TPSA) is 49.6 Å². The van der Waals surface area contributed by atoms with E-state index in [2.05, 4.69) is 6.92 Å². The van der Waals surface area contributed by atoms with Crippen LogP contribution in [0.25, 0.3) is 0 Å². The molecule has 4 heteroatoms. The number of urea groups is 1. The Hall–Kier alpha value is -0.770. The van der Waals surface area contributed by atoms with Gasteiger partial charge < -0.3 is 15.5 Å². The number of carbonyl (C=O) groups is 1. The van der Waals surface area contributed by atoms with Crippen LogP contribution in [0.3, 0.4) is 0 Å². The third kappa shape index (κ3) is 3.60. The van der Waals surface area contributed by atoms with Crippen molar-refractivity contribution in [3.05, 3.63) is 0 Å². The summed E-state index contributed by atoms with van der Waals surface area (Å²) in [5.41, 5.74) is 5.91. The summed E-state index contributed by atoms with van der Waals surface area (Å²) < 4.78 is 0. The molecule has 0 aromatic rings. The summed E-state index contributed by atoms with van der Waals surface area (Å²) in [6.45, 7) is 8.51. The summed E-state index contributed by atoms with van der Waals surface area (Å²) in [5.74, 6) is 0. The van der Waals surface area contributed by atoms with Gasteiger partial charge in [-0.2, -0.15) is 0 Å². The van der Waals surface area contributed by atoms with Gasteiger partial charge in [0.1, 0.15) is 0 Å². The molecule has 1 fully saturated rings. The van der Waals surface area contributed by atoms with Crippen LogP contribution in [0.15, 0.2) is 0 Å². The van der Waals surface area contributed by atoms with Crippen molar-refractivity contribution in [2.24, 2.45) is 5.73 Å². The van der Waals surface area contributed by atoms with Crippen molar-refractivity contribution >= 4 is 6.03 Å². The van der Waals surface area contributed by atoms with Crippen LogP contribution in [0.1, 0.15) is 46.5 Å². The van der Waals surface area contributed by atoms with Crippen LogP contribution in [0, 0.1) is 0 Å². The second-order valence-corrected chi connectivity index (χ2v) is 4.81. The number of nitrogens with two attached hydrogens (primary N) is 1. The lowest BCUT2D eigenvalue weighted by atomic mass is 9.91. The van der Waals surface area contributed by atoms with Gasteiger partial charge in [-0.3, -0.25) is 0 Å². The third-order valence-corrected chi connectivity index (χ3v) is 3.80. The smallest absolute Gasteiger partial charge is 0.320 e. The maximum atomic E-state index is 12.3. The van der Waals surface area contributed by atoms with Crippen LogP contribution >= 0.6 is 0 Å². The molecular weight excluding hydrogens is 214 g/mol. The highest BCUT2D eigenvalue weighted by atomic mass is 16.2. The minimum Gasteiger partial charge on any atom is -0.328 e. The van der Waals surface area contributed by atoms with Gasteiger partial charge in [0.15, 0.2) is 0 Å². The molecule has 4 nitrogen and oxygen atoms in total. The van der Waals surface area contributed by atoms with Crippen LogP contribution in [-0.2, 0) is 0 Å². The largest absolute Gasteiger partial charge is 0.328 e. The quantitative estimate of drug-likeness (QED) is 0.819. The predicted molar refractivity (Wildman–Crippen MR) is 70.9 cm³/mol. The van der Waals surface area contributed by atoms with E-state index in [1.54, 1.807) is 0 Å². The molecule has 0 spiro atoms. The lowest BCUT2D eigenvalue weighted by Crippen LogP contribution is -2.49. The minimum absolute atomic E-state index is 0.193. The monoisotopic (exact) mass is 241 g/mol. The van der Waals surface area contributed by atoms with E-state index in [-0.39, 0.29) is 6.03 Å². The highest BCUT2D eigenvalue weighted by Gasteiger charge is 2.28. The SMILES string of the molecule is CCN(CC)C(=O)N(CC)C1CCC(N)CC1. The fraction of sp³-hybridized carbons (Fsp3) is 0.923. The van der Waals surface area contributed by atoms with Gasteiger partial charge in [0, 0.05) is 31.7 Å². The van der Waals surface area contributed by atoms with Crippen LogP contribution < -0.4 is 5.73 Å². The van der Waals surface area contributed by atoms with Crippen molar-refractivity contribution in [2.45, 2.75) is 58.5 Å². The zero-order valence-corrected chi connectivity index (χ0v) is 11.5. The van der Waals surface area contributed by atoms with E-state index in [1.165, 1.54) is 0 Å². The molecule has 2 N–H and O–H groups in total. The molecule has 2 amide bonds. The van der Waals surface area contributed by atoms with Gasteiger partial charge in [-0.1, -0.05) is 0 Å². The molecule has 1 aliphatic carbocycles. The number of hydrogen-bond donors (Lipinski definition) is 1. The Kier molecular flexibility index (Phi) is 5.75. The summed E-state index contributed by atoms with van der Waals surface area (Å²) in [6, 6.07) is 0.930. The Morgan fingerprint density at radius 3 is 2.00 bits per heavy atom. The van der Waals surface area contributed by atoms with Gasteiger partial charge in [-0.15, -0.1) is 0 Å². The average Bonchev–Trinajstić information content (AvgIpc) is 2.34. The summed E-state index contributed by atoms with van der Waals surface area (Å²) >= 11 is 0. The van der Waals surface area contributed by atoms with Crippen molar-refractivity contribution in [3.8, 4) is 0 Å². The van der Waals surface area contributed by atoms with Gasteiger partial charge >= 0.3 is 6.03 Å². The second kappa shape index (κ2) is 6.84. The number of amides is 2. The minimum atomic E-state index is 0.193. The molecule has 0 aliphatic heterocycles. The molecule has 1 rings (SSSR count). The first-order valence-corrected chi connectivity index (χ1v) is 6.95. The van der Waals surface area contributed by atoms with Crippen LogP contribution in [0.5, 0.6) is 0 Å². The van der Waals surface area contributed by atoms with E-state index in [0.29, 0.717) is 12.1 Å². The van der Waals surface area contributed by atoms with E-state index < -0.39 is 0 Å². The highest BCUT2D eigenvalue weighted by molar-refractivity contribution is 5.74. The molecule has 0 aromatic carbocycles. The molecule has 0 aromatic heterocycles. The standard InChI is InChI=1S/C13H27N3O/c1-4-15(5-2)13(17)16(6-3)12-9-7-11(14)8-10-12/h11-12H,4-10,14H2,1-3H3. The van der Waals surface area contributed by atoms with Crippen molar-refractivity contribution in [1.82, 2.24) is 9.80 Å². The van der Waals surface area contributed by atoms with Crippen molar-refractivity contribution < 1.29 is 4.79 Å². The summed E-state index contributed by atoms with van der Waals surface area (Å²) in [6.07, 6.45) is 4.21. The van der Waals surface area contributed by atoms with E-state index in [4.69, 9.17) is 5.73 Å². The fourth-order valence-corrected chi connectivity index (χ4v) is 2.64. The van der Waals surface area contributed by atoms with E-state index in [1.807, 2.05) is 23.6 Å². The maximum Gasteiger partial charge on any atom is 0.320 e. The average molecular weight is 241 g/mol. The number of hydrogen-bond acceptors (Lipinski definition) is 2. The first kappa shape index (κ1) is 14.3. The number of carbonyl (C=O) groups excluding carboxylic acids is 1. The van der Waals surface area contributed by atoms with Gasteiger partial charge in [0.2, 0.25) is 0 Å². The Morgan fingerprint density at radius 2 is 1.59 bits per heavy atom. The van der Waals surface area contributed by atoms with Crippen molar-refractivity contribution in [1.29, 1.82) is 0 Å². The van der Waals surface area contributed by atoms with Gasteiger partial charge in [-0.25, -0.2) is 4.79 Å². The van der Waals surface area contributed by atoms with Crippen LogP contribution in [-0.4, -0.2) is 47.5 Å². The van der Waals surface area contributed by atoms with Gasteiger partial charge in [0.25, 0.3) is 0 Å². The molecule has 1 saturated carbocycles. The maximum absolute atomic E-state index is 12.3. The molecule has 0 saturated heterocycles. The van der Waals surface area contributed by atoms with Crippen molar-refractivity contribution in [2.75, 3.05) is 19.6 Å². The highest BCUT2D eigenvalue weighted by Crippen LogP contribution is 2.22. The Labute approximate surface area is 105 Å². The molecular formula is C13H27N3O. The molecule has 0 heterocycles. The molecule has 0 radical (unpaired) electrons. The van der Waals surface area contributed by atoms with Crippen LogP contribution in [0.4, 0.5) is 4.79 Å². The zero-order chi connectivity index (χ0) is 12.8. The normalized spacial score (nSPS) is 24.5. The van der Waals surface area contributed by atoms with Gasteiger partial charge in [0.05, 0.1) is 0 Å². The lowest BCUT2D eigenvalue weighted by molar-refractivity contribution is 0.123. The molecule has 0 atom stereocenters. The van der Waals surface area contributed by atoms with E-state index in [0.717, 1.165) is 45.3 Å². The van der Waals surface area contributed by atoms with Crippen molar-refractivity contribution in [3.63, 3.8) is 0 Å². The summed E-state index contributed by atoms with van der Waals surface area (Å²) in [7, 11) is 0. The first-order chi connectivity index (χ1) is 8.13.